The fraction of sp³-hybridized carbons (Fsp3) is 0.667. The van der Waals surface area contributed by atoms with Gasteiger partial charge in [-0.2, -0.15) is 0 Å². The minimum absolute atomic E-state index is 0. The molecule has 0 aliphatic carbocycles. The van der Waals surface area contributed by atoms with Crippen LogP contribution in [0.2, 0.25) is 0 Å². The molecule has 3 saturated heterocycles. The van der Waals surface area contributed by atoms with Crippen LogP contribution in [0.5, 0.6) is 0 Å². The van der Waals surface area contributed by atoms with Gasteiger partial charge < -0.3 is 19.7 Å². The molecule has 6 nitrogen and oxygen atoms in total. The van der Waals surface area contributed by atoms with Gasteiger partial charge in [0.2, 0.25) is 0 Å². The Morgan fingerprint density at radius 1 is 1.31 bits per heavy atom. The third-order valence-electron chi connectivity index (χ3n) is 6.10. The lowest BCUT2D eigenvalue weighted by Gasteiger charge is -2.40. The van der Waals surface area contributed by atoms with Crippen LogP contribution in [0, 0.1) is 11.8 Å². The van der Waals surface area contributed by atoms with Gasteiger partial charge in [0.1, 0.15) is 0 Å². The molecule has 1 amide bonds. The Hall–Kier alpha value is -1.15. The number of halogens is 1. The molecule has 5 heterocycles. The van der Waals surface area contributed by atoms with E-state index in [-0.39, 0.29) is 41.7 Å². The van der Waals surface area contributed by atoms with E-state index in [9.17, 15) is 9.59 Å². The van der Waals surface area contributed by atoms with Gasteiger partial charge in [-0.3, -0.25) is 9.59 Å². The lowest BCUT2D eigenvalue weighted by Crippen LogP contribution is -2.44. The van der Waals surface area contributed by atoms with Crippen LogP contribution >= 0.6 is 23.7 Å². The van der Waals surface area contributed by atoms with Crippen molar-refractivity contribution in [3.63, 3.8) is 0 Å². The number of ether oxygens (including phenoxy) is 2. The Bertz CT molecular complexity index is 731. The van der Waals surface area contributed by atoms with Crippen molar-refractivity contribution in [3.8, 4) is 0 Å². The number of carbonyl (C=O) groups excluding carboxylic acids is 2. The smallest absolute Gasteiger partial charge is 0.311 e. The highest BCUT2D eigenvalue weighted by molar-refractivity contribution is 7.14. The average Bonchev–Trinajstić information content (AvgIpc) is 3.32. The van der Waals surface area contributed by atoms with Crippen LogP contribution < -0.4 is 5.32 Å². The molecule has 1 aromatic rings. The largest absolute Gasteiger partial charge is 0.465 e. The van der Waals surface area contributed by atoms with Crippen molar-refractivity contribution in [1.82, 2.24) is 10.2 Å². The molecular formula is C18H23ClN2O4S. The summed E-state index contributed by atoms with van der Waals surface area (Å²) < 4.78 is 11.3. The number of esters is 1. The number of nitrogens with one attached hydrogen (secondary N) is 1. The predicted octanol–water partition coefficient (Wildman–Crippen LogP) is 1.57. The summed E-state index contributed by atoms with van der Waals surface area (Å²) in [6.45, 7) is 4.23. The summed E-state index contributed by atoms with van der Waals surface area (Å²) >= 11 is 1.62. The van der Waals surface area contributed by atoms with E-state index in [1.807, 2.05) is 4.90 Å². The standard InChI is InChI=1S/C18H22N2O4S.ClH/c21-16(20-8-11-10-23-17(22)12(11)9-20)15-7-13-14(25-15)1-6-24-18(13)2-4-19-5-3-18;/h7,11-12,19H,1-6,8-10H2;1H/t11-,12-;/m1./s1. The number of carbonyl (C=O) groups is 2. The molecule has 4 aliphatic heterocycles. The number of cyclic esters (lactones) is 1. The molecule has 142 valence electrons. The normalized spacial score (nSPS) is 29.1. The fourth-order valence-electron chi connectivity index (χ4n) is 4.69. The van der Waals surface area contributed by atoms with Crippen molar-refractivity contribution < 1.29 is 19.1 Å². The summed E-state index contributed by atoms with van der Waals surface area (Å²) in [5, 5.41) is 3.39. The minimum atomic E-state index is -0.209. The minimum Gasteiger partial charge on any atom is -0.465 e. The Labute approximate surface area is 162 Å². The van der Waals surface area contributed by atoms with Gasteiger partial charge in [-0.25, -0.2) is 0 Å². The zero-order valence-electron chi connectivity index (χ0n) is 14.5. The second kappa shape index (κ2) is 6.78. The van der Waals surface area contributed by atoms with Gasteiger partial charge in [-0.1, -0.05) is 0 Å². The lowest BCUT2D eigenvalue weighted by molar-refractivity contribution is -0.141. The topological polar surface area (TPSA) is 67.9 Å². The number of amides is 1. The van der Waals surface area contributed by atoms with E-state index in [0.29, 0.717) is 19.7 Å². The summed E-state index contributed by atoms with van der Waals surface area (Å²) in [7, 11) is 0. The number of fused-ring (bicyclic) bond motifs is 3. The van der Waals surface area contributed by atoms with Crippen molar-refractivity contribution >= 4 is 35.6 Å². The van der Waals surface area contributed by atoms with Gasteiger partial charge in [-0.15, -0.1) is 23.7 Å². The van der Waals surface area contributed by atoms with Crippen molar-refractivity contribution in [2.45, 2.75) is 24.9 Å². The van der Waals surface area contributed by atoms with Crippen LogP contribution in [-0.2, 0) is 26.3 Å². The molecule has 1 N–H and O–H groups in total. The summed E-state index contributed by atoms with van der Waals surface area (Å²) in [4.78, 5) is 28.7. The molecule has 0 aromatic carbocycles. The van der Waals surface area contributed by atoms with Crippen LogP contribution in [0.4, 0.5) is 0 Å². The van der Waals surface area contributed by atoms with E-state index < -0.39 is 0 Å². The van der Waals surface area contributed by atoms with Gasteiger partial charge in [0, 0.05) is 30.3 Å². The van der Waals surface area contributed by atoms with Crippen LogP contribution in [0.25, 0.3) is 0 Å². The van der Waals surface area contributed by atoms with E-state index >= 15 is 0 Å². The first-order valence-electron chi connectivity index (χ1n) is 9.10. The fourth-order valence-corrected chi connectivity index (χ4v) is 5.89. The molecule has 26 heavy (non-hydrogen) atoms. The van der Waals surface area contributed by atoms with Gasteiger partial charge in [0.15, 0.2) is 0 Å². The van der Waals surface area contributed by atoms with E-state index in [1.54, 1.807) is 11.3 Å². The molecule has 0 radical (unpaired) electrons. The Morgan fingerprint density at radius 3 is 2.88 bits per heavy atom. The van der Waals surface area contributed by atoms with Crippen molar-refractivity contribution in [2.24, 2.45) is 11.8 Å². The van der Waals surface area contributed by atoms with Crippen LogP contribution in [0.1, 0.15) is 33.0 Å². The highest BCUT2D eigenvalue weighted by Crippen LogP contribution is 2.44. The highest BCUT2D eigenvalue weighted by Gasteiger charge is 2.46. The monoisotopic (exact) mass is 398 g/mol. The number of hydrogen-bond acceptors (Lipinski definition) is 6. The summed E-state index contributed by atoms with van der Waals surface area (Å²) in [6.07, 6.45) is 2.81. The second-order valence-electron chi connectivity index (χ2n) is 7.50. The Morgan fingerprint density at radius 2 is 2.12 bits per heavy atom. The summed E-state index contributed by atoms with van der Waals surface area (Å²) in [6, 6.07) is 2.07. The number of thiophene rings is 1. The lowest BCUT2D eigenvalue weighted by atomic mass is 9.83. The van der Waals surface area contributed by atoms with Crippen molar-refractivity contribution in [2.75, 3.05) is 39.4 Å². The predicted molar refractivity (Wildman–Crippen MR) is 98.8 cm³/mol. The first-order valence-corrected chi connectivity index (χ1v) is 9.92. The third kappa shape index (κ3) is 2.76. The van der Waals surface area contributed by atoms with Crippen molar-refractivity contribution in [1.29, 1.82) is 0 Å². The average molecular weight is 399 g/mol. The molecule has 2 atom stereocenters. The SMILES string of the molecule is Cl.O=C1OC[C@H]2CN(C(=O)c3cc4c(s3)CCOC43CCNCC3)C[C@@H]12. The Balaban J connectivity index is 0.00000168. The van der Waals surface area contributed by atoms with E-state index in [0.717, 1.165) is 43.8 Å². The quantitative estimate of drug-likeness (QED) is 0.727. The number of piperidine rings is 1. The molecular weight excluding hydrogens is 376 g/mol. The van der Waals surface area contributed by atoms with Crippen molar-refractivity contribution in [3.05, 3.63) is 21.4 Å². The molecule has 8 heteroatoms. The number of hydrogen-bond donors (Lipinski definition) is 1. The van der Waals surface area contributed by atoms with E-state index in [4.69, 9.17) is 9.47 Å². The molecule has 4 aliphatic rings. The zero-order valence-corrected chi connectivity index (χ0v) is 16.1. The number of likely N-dealkylation sites (tertiary alicyclic amines) is 1. The second-order valence-corrected chi connectivity index (χ2v) is 8.63. The van der Waals surface area contributed by atoms with Gasteiger partial charge in [0.25, 0.3) is 5.91 Å². The molecule has 1 aromatic heterocycles. The van der Waals surface area contributed by atoms with E-state index in [1.165, 1.54) is 10.4 Å². The first kappa shape index (κ1) is 18.2. The third-order valence-corrected chi connectivity index (χ3v) is 7.28. The molecule has 0 unspecified atom stereocenters. The highest BCUT2D eigenvalue weighted by atomic mass is 35.5. The molecule has 1 spiro atoms. The summed E-state index contributed by atoms with van der Waals surface area (Å²) in [5.41, 5.74) is 1.02. The molecule has 0 bridgehead atoms. The maximum absolute atomic E-state index is 13.0. The zero-order chi connectivity index (χ0) is 17.0. The van der Waals surface area contributed by atoms with E-state index in [2.05, 4.69) is 11.4 Å². The number of nitrogens with zero attached hydrogens (tertiary/aromatic N) is 1. The van der Waals surface area contributed by atoms with Gasteiger partial charge in [0.05, 0.1) is 29.6 Å². The van der Waals surface area contributed by atoms with Gasteiger partial charge in [-0.05, 0) is 37.6 Å². The van der Waals surface area contributed by atoms with Crippen LogP contribution in [0.15, 0.2) is 6.07 Å². The first-order chi connectivity index (χ1) is 12.2. The number of rotatable bonds is 1. The summed E-state index contributed by atoms with van der Waals surface area (Å²) in [5.74, 6) is -0.0405. The maximum Gasteiger partial charge on any atom is 0.311 e. The molecule has 5 rings (SSSR count). The van der Waals surface area contributed by atoms with Gasteiger partial charge >= 0.3 is 5.97 Å². The molecule has 0 saturated carbocycles. The van der Waals surface area contributed by atoms with Crippen LogP contribution in [-0.4, -0.2) is 56.2 Å². The molecule has 3 fully saturated rings. The Kier molecular flexibility index (Phi) is 4.75. The van der Waals surface area contributed by atoms with Crippen LogP contribution in [0.3, 0.4) is 0 Å². The maximum atomic E-state index is 13.0.